The van der Waals surface area contributed by atoms with Crippen LogP contribution in [0.3, 0.4) is 0 Å². The molecule has 2 aromatic rings. The number of hydrogen-bond acceptors (Lipinski definition) is 7. The summed E-state index contributed by atoms with van der Waals surface area (Å²) in [6, 6.07) is 1.75. The second-order valence-electron chi connectivity index (χ2n) is 5.50. The Balaban J connectivity index is 2.35. The predicted octanol–water partition coefficient (Wildman–Crippen LogP) is 0.104. The lowest BCUT2D eigenvalue weighted by Crippen LogP contribution is -2.25. The summed E-state index contributed by atoms with van der Waals surface area (Å²) in [4.78, 5) is 0.422. The van der Waals surface area contributed by atoms with Crippen molar-refractivity contribution in [2.24, 2.45) is 5.14 Å². The molecule has 1 aliphatic heterocycles. The third-order valence-corrected chi connectivity index (χ3v) is 4.79. The Morgan fingerprint density at radius 2 is 2.08 bits per heavy atom. The molecule has 1 unspecified atom stereocenters. The van der Waals surface area contributed by atoms with Gasteiger partial charge in [-0.25, -0.2) is 13.6 Å². The number of nitrogens with zero attached hydrogens (tertiary/aromatic N) is 4. The first-order chi connectivity index (χ1) is 11.6. The number of aliphatic hydroxyl groups is 1. The molecule has 25 heavy (non-hydrogen) atoms. The van der Waals surface area contributed by atoms with Crippen molar-refractivity contribution >= 4 is 15.7 Å². The van der Waals surface area contributed by atoms with E-state index in [1.807, 2.05) is 0 Å². The summed E-state index contributed by atoms with van der Waals surface area (Å²) >= 11 is 0. The summed E-state index contributed by atoms with van der Waals surface area (Å²) in [5, 5.41) is 27.3. The van der Waals surface area contributed by atoms with Crippen molar-refractivity contribution in [2.45, 2.75) is 23.6 Å². The molecule has 0 saturated carbocycles. The third kappa shape index (κ3) is 3.29. The summed E-state index contributed by atoms with van der Waals surface area (Å²) < 4.78 is 63.9. The van der Waals surface area contributed by atoms with Gasteiger partial charge in [-0.1, -0.05) is 0 Å². The van der Waals surface area contributed by atoms with E-state index >= 15 is 0 Å². The van der Waals surface area contributed by atoms with Crippen molar-refractivity contribution in [2.75, 3.05) is 18.0 Å². The highest BCUT2D eigenvalue weighted by molar-refractivity contribution is 7.89. The first-order valence-electron chi connectivity index (χ1n) is 7.03. The number of primary sulfonamides is 1. The normalized spacial score (nSPS) is 18.8. The third-order valence-electron chi connectivity index (χ3n) is 3.80. The van der Waals surface area contributed by atoms with Crippen LogP contribution in [-0.2, 0) is 16.2 Å². The number of nitrogens with one attached hydrogen (secondary N) is 1. The number of alkyl halides is 3. The number of hydrogen-bond donors (Lipinski definition) is 3. The fraction of sp³-hybridized carbons (Fsp3) is 0.417. The van der Waals surface area contributed by atoms with Gasteiger partial charge in [0.25, 0.3) is 0 Å². The summed E-state index contributed by atoms with van der Waals surface area (Å²) in [5.74, 6) is -0.341. The Labute approximate surface area is 139 Å². The average Bonchev–Trinajstić information content (AvgIpc) is 3.15. The van der Waals surface area contributed by atoms with Crippen LogP contribution in [-0.4, -0.2) is 53.3 Å². The lowest BCUT2D eigenvalue weighted by Gasteiger charge is -2.24. The van der Waals surface area contributed by atoms with E-state index in [0.717, 1.165) is 6.07 Å². The molecular weight excluding hydrogens is 365 g/mol. The number of halogens is 3. The van der Waals surface area contributed by atoms with Crippen LogP contribution in [0, 0.1) is 0 Å². The van der Waals surface area contributed by atoms with Gasteiger partial charge in [-0.2, -0.15) is 18.4 Å². The molecule has 9 nitrogen and oxygen atoms in total. The SMILES string of the molecule is NS(=O)(=O)c1c(C(F)(F)F)ccc(N2CCC(O)C2)c1-c1nn[nH]n1. The molecule has 1 atom stereocenters. The monoisotopic (exact) mass is 378 g/mol. The molecule has 2 heterocycles. The van der Waals surface area contributed by atoms with Crippen molar-refractivity contribution in [3.8, 4) is 11.4 Å². The topological polar surface area (TPSA) is 138 Å². The van der Waals surface area contributed by atoms with Gasteiger partial charge in [-0.3, -0.25) is 0 Å². The first-order valence-corrected chi connectivity index (χ1v) is 8.57. The predicted molar refractivity (Wildman–Crippen MR) is 78.8 cm³/mol. The van der Waals surface area contributed by atoms with Gasteiger partial charge in [-0.15, -0.1) is 10.2 Å². The zero-order valence-electron chi connectivity index (χ0n) is 12.5. The molecular formula is C12H13F3N6O3S. The van der Waals surface area contributed by atoms with Gasteiger partial charge in [-0.05, 0) is 23.8 Å². The van der Waals surface area contributed by atoms with Crippen LogP contribution < -0.4 is 10.0 Å². The van der Waals surface area contributed by atoms with E-state index in [-0.39, 0.29) is 18.1 Å². The number of anilines is 1. The molecule has 136 valence electrons. The molecule has 0 spiro atoms. The van der Waals surface area contributed by atoms with Gasteiger partial charge in [0.15, 0.2) is 0 Å². The molecule has 1 aliphatic rings. The van der Waals surface area contributed by atoms with E-state index in [1.165, 1.54) is 0 Å². The van der Waals surface area contributed by atoms with Gasteiger partial charge in [0.2, 0.25) is 15.8 Å². The molecule has 13 heteroatoms. The number of aromatic amines is 1. The summed E-state index contributed by atoms with van der Waals surface area (Å²) in [6.45, 7) is 0.446. The van der Waals surface area contributed by atoms with Crippen LogP contribution in [0.4, 0.5) is 18.9 Å². The number of sulfonamides is 1. The maximum Gasteiger partial charge on any atom is 0.417 e. The number of tetrazole rings is 1. The molecule has 0 radical (unpaired) electrons. The van der Waals surface area contributed by atoms with Crippen molar-refractivity contribution < 1.29 is 26.7 Å². The maximum atomic E-state index is 13.3. The molecule has 0 bridgehead atoms. The number of nitrogens with two attached hydrogens (primary N) is 1. The Kier molecular flexibility index (Phi) is 4.17. The highest BCUT2D eigenvalue weighted by Crippen LogP contribution is 2.43. The highest BCUT2D eigenvalue weighted by atomic mass is 32.2. The highest BCUT2D eigenvalue weighted by Gasteiger charge is 2.40. The Hall–Kier alpha value is -2.25. The fourth-order valence-electron chi connectivity index (χ4n) is 2.80. The minimum absolute atomic E-state index is 0.120. The van der Waals surface area contributed by atoms with Crippen LogP contribution in [0.25, 0.3) is 11.4 Å². The van der Waals surface area contributed by atoms with Crippen molar-refractivity contribution in [1.82, 2.24) is 20.6 Å². The number of aliphatic hydroxyl groups excluding tert-OH is 1. The second-order valence-corrected chi connectivity index (χ2v) is 7.00. The van der Waals surface area contributed by atoms with Crippen LogP contribution >= 0.6 is 0 Å². The van der Waals surface area contributed by atoms with Crippen LogP contribution in [0.5, 0.6) is 0 Å². The van der Waals surface area contributed by atoms with Crippen molar-refractivity contribution in [3.63, 3.8) is 0 Å². The summed E-state index contributed by atoms with van der Waals surface area (Å²) in [7, 11) is -4.77. The summed E-state index contributed by atoms with van der Waals surface area (Å²) in [6.07, 6.45) is -5.25. The first kappa shape index (κ1) is 17.6. The van der Waals surface area contributed by atoms with E-state index in [0.29, 0.717) is 19.0 Å². The van der Waals surface area contributed by atoms with Crippen molar-refractivity contribution in [1.29, 1.82) is 0 Å². The van der Waals surface area contributed by atoms with E-state index < -0.39 is 38.3 Å². The molecule has 1 aromatic heterocycles. The van der Waals surface area contributed by atoms with Gasteiger partial charge in [0.05, 0.1) is 17.2 Å². The van der Waals surface area contributed by atoms with Crippen LogP contribution in [0.15, 0.2) is 17.0 Å². The maximum absolute atomic E-state index is 13.3. The minimum atomic E-state index is -4.96. The smallest absolute Gasteiger partial charge is 0.391 e. The quantitative estimate of drug-likeness (QED) is 0.689. The van der Waals surface area contributed by atoms with Crippen LogP contribution in [0.2, 0.25) is 0 Å². The van der Waals surface area contributed by atoms with Gasteiger partial charge < -0.3 is 10.0 Å². The Morgan fingerprint density at radius 3 is 2.56 bits per heavy atom. The minimum Gasteiger partial charge on any atom is -0.391 e. The molecule has 1 aromatic carbocycles. The summed E-state index contributed by atoms with van der Waals surface area (Å²) in [5.41, 5.74) is -1.70. The zero-order valence-corrected chi connectivity index (χ0v) is 13.3. The van der Waals surface area contributed by atoms with E-state index in [4.69, 9.17) is 5.14 Å². The zero-order chi connectivity index (χ0) is 18.4. The Bertz CT molecular complexity index is 884. The average molecular weight is 378 g/mol. The van der Waals surface area contributed by atoms with Gasteiger partial charge >= 0.3 is 6.18 Å². The lowest BCUT2D eigenvalue weighted by atomic mass is 10.1. The van der Waals surface area contributed by atoms with E-state index in [2.05, 4.69) is 20.6 Å². The molecule has 1 saturated heterocycles. The second kappa shape index (κ2) is 5.93. The van der Waals surface area contributed by atoms with Gasteiger partial charge in [0.1, 0.15) is 4.90 Å². The number of H-pyrrole nitrogens is 1. The standard InChI is InChI=1S/C12H13F3N6O3S/c13-12(14,15)7-1-2-8(21-4-3-6(22)5-21)9(10(7)25(16,23)24)11-17-19-20-18-11/h1-2,6,22H,3-5H2,(H2,16,23,24)(H,17,18,19,20). The number of rotatable bonds is 3. The lowest BCUT2D eigenvalue weighted by molar-refractivity contribution is -0.139. The molecule has 1 fully saturated rings. The molecule has 0 amide bonds. The number of β-amino-alcohol motifs (C(OH)–C–C–N with tert-alkyl or cyclic N) is 1. The number of aromatic nitrogens is 4. The molecule has 3 rings (SSSR count). The fourth-order valence-corrected chi connectivity index (χ4v) is 3.77. The van der Waals surface area contributed by atoms with Crippen molar-refractivity contribution in [3.05, 3.63) is 17.7 Å². The van der Waals surface area contributed by atoms with Gasteiger partial charge in [0, 0.05) is 18.8 Å². The Morgan fingerprint density at radius 1 is 1.36 bits per heavy atom. The van der Waals surface area contributed by atoms with E-state index in [9.17, 15) is 26.7 Å². The molecule has 4 N–H and O–H groups in total. The molecule has 0 aliphatic carbocycles. The van der Waals surface area contributed by atoms with Crippen LogP contribution in [0.1, 0.15) is 12.0 Å². The number of benzene rings is 1. The van der Waals surface area contributed by atoms with E-state index in [1.54, 1.807) is 4.90 Å². The largest absolute Gasteiger partial charge is 0.417 e.